The van der Waals surface area contributed by atoms with E-state index in [4.69, 9.17) is 4.74 Å². The van der Waals surface area contributed by atoms with Crippen LogP contribution in [0.3, 0.4) is 0 Å². The molecule has 0 aromatic heterocycles. The van der Waals surface area contributed by atoms with Crippen LogP contribution in [0.5, 0.6) is 5.75 Å². The van der Waals surface area contributed by atoms with Crippen LogP contribution in [0, 0.1) is 10.1 Å². The summed E-state index contributed by atoms with van der Waals surface area (Å²) < 4.78 is 34.8. The van der Waals surface area contributed by atoms with Crippen molar-refractivity contribution in [2.24, 2.45) is 0 Å². The van der Waals surface area contributed by atoms with Gasteiger partial charge in [-0.15, -0.1) is 0 Å². The average Bonchev–Trinajstić information content (AvgIpc) is 3.25. The van der Waals surface area contributed by atoms with Gasteiger partial charge in [0.05, 0.1) is 15.2 Å². The fraction of sp³-hybridized carbons (Fsp3) is 0.250. The van der Waals surface area contributed by atoms with E-state index in [1.165, 1.54) is 23.8 Å². The zero-order chi connectivity index (χ0) is 23.6. The Hall–Kier alpha value is -3.59. The third-order valence-corrected chi connectivity index (χ3v) is 8.20. The molecule has 170 valence electrons. The second-order valence-electron chi connectivity index (χ2n) is 8.95. The molecule has 9 heteroatoms. The highest BCUT2D eigenvalue weighted by molar-refractivity contribution is 7.92. The minimum atomic E-state index is -4.00. The molecule has 3 aromatic carbocycles. The lowest BCUT2D eigenvalue weighted by Gasteiger charge is -2.42. The normalized spacial score (nSPS) is 20.3. The van der Waals surface area contributed by atoms with Crippen LogP contribution in [0.1, 0.15) is 25.0 Å². The molecule has 0 bridgehead atoms. The number of hydrogen-bond donors (Lipinski definition) is 1. The van der Waals surface area contributed by atoms with Gasteiger partial charge in [-0.3, -0.25) is 14.8 Å². The molecule has 0 amide bonds. The van der Waals surface area contributed by atoms with E-state index in [2.05, 4.69) is 35.6 Å². The summed E-state index contributed by atoms with van der Waals surface area (Å²) in [6.07, 6.45) is 0.576. The van der Waals surface area contributed by atoms with Crippen molar-refractivity contribution in [2.45, 2.75) is 36.3 Å². The molecule has 8 nitrogen and oxygen atoms in total. The summed E-state index contributed by atoms with van der Waals surface area (Å²) in [6, 6.07) is 18.4. The smallest absolute Gasteiger partial charge is 0.270 e. The number of nitro groups is 1. The highest BCUT2D eigenvalue weighted by atomic mass is 32.2. The molecular formula is C24H23N3O5S. The maximum Gasteiger partial charge on any atom is 0.270 e. The van der Waals surface area contributed by atoms with Gasteiger partial charge < -0.3 is 9.64 Å². The number of anilines is 2. The first-order valence-electron chi connectivity index (χ1n) is 10.5. The van der Waals surface area contributed by atoms with Gasteiger partial charge in [0, 0.05) is 42.5 Å². The number of ether oxygens (including phenoxy) is 1. The van der Waals surface area contributed by atoms with E-state index in [0.717, 1.165) is 17.3 Å². The Morgan fingerprint density at radius 2 is 1.82 bits per heavy atom. The zero-order valence-corrected chi connectivity index (χ0v) is 19.2. The number of non-ortho nitro benzene ring substituents is 1. The first-order valence-corrected chi connectivity index (χ1v) is 12.0. The quantitative estimate of drug-likeness (QED) is 0.451. The molecular weight excluding hydrogens is 442 g/mol. The van der Waals surface area contributed by atoms with Crippen molar-refractivity contribution in [3.8, 4) is 5.75 Å². The number of likely N-dealkylation sites (N-methyl/N-ethyl adjacent to an activating group) is 1. The van der Waals surface area contributed by atoms with Crippen LogP contribution in [0.4, 0.5) is 17.1 Å². The number of nitrogens with zero attached hydrogens (tertiary/aromatic N) is 2. The van der Waals surface area contributed by atoms with E-state index in [0.29, 0.717) is 17.9 Å². The van der Waals surface area contributed by atoms with Crippen LogP contribution in [0.15, 0.2) is 71.6 Å². The Kier molecular flexibility index (Phi) is 4.48. The molecule has 33 heavy (non-hydrogen) atoms. The van der Waals surface area contributed by atoms with E-state index < -0.39 is 20.7 Å². The van der Waals surface area contributed by atoms with Crippen molar-refractivity contribution in [3.05, 3.63) is 88.0 Å². The number of sulfonamides is 1. The summed E-state index contributed by atoms with van der Waals surface area (Å²) >= 11 is 0. The second-order valence-corrected chi connectivity index (χ2v) is 10.6. The van der Waals surface area contributed by atoms with Crippen molar-refractivity contribution in [1.29, 1.82) is 0 Å². The van der Waals surface area contributed by atoms with Gasteiger partial charge in [-0.05, 0) is 49.7 Å². The van der Waals surface area contributed by atoms with Crippen molar-refractivity contribution < 1.29 is 18.1 Å². The fourth-order valence-electron chi connectivity index (χ4n) is 4.99. The van der Waals surface area contributed by atoms with E-state index >= 15 is 0 Å². The van der Waals surface area contributed by atoms with Gasteiger partial charge in [-0.1, -0.05) is 24.3 Å². The summed E-state index contributed by atoms with van der Waals surface area (Å²) in [5.74, 6) is 0.709. The van der Waals surface area contributed by atoms with Gasteiger partial charge in [-0.25, -0.2) is 8.42 Å². The van der Waals surface area contributed by atoms with E-state index in [-0.39, 0.29) is 16.0 Å². The van der Waals surface area contributed by atoms with Gasteiger partial charge in [-0.2, -0.15) is 0 Å². The molecule has 0 aliphatic carbocycles. The molecule has 1 N–H and O–H groups in total. The SMILES string of the molecule is CN1c2ccccc2C(C)(C)[C@]12Cc1cc(NS(=O)(=O)c3cccc([N+](=O)[O-])c3)ccc1O2. The Labute approximate surface area is 192 Å². The van der Waals surface area contributed by atoms with Gasteiger partial charge >= 0.3 is 0 Å². The maximum absolute atomic E-state index is 12.9. The molecule has 5 rings (SSSR count). The van der Waals surface area contributed by atoms with E-state index in [1.54, 1.807) is 18.2 Å². The lowest BCUT2D eigenvalue weighted by molar-refractivity contribution is -0.385. The lowest BCUT2D eigenvalue weighted by atomic mass is 9.76. The lowest BCUT2D eigenvalue weighted by Crippen LogP contribution is -2.58. The predicted molar refractivity (Wildman–Crippen MR) is 125 cm³/mol. The molecule has 0 fully saturated rings. The maximum atomic E-state index is 12.9. The fourth-order valence-corrected chi connectivity index (χ4v) is 6.08. The van der Waals surface area contributed by atoms with Crippen molar-refractivity contribution in [2.75, 3.05) is 16.7 Å². The molecule has 1 spiro atoms. The second kappa shape index (κ2) is 6.95. The van der Waals surface area contributed by atoms with E-state index in [9.17, 15) is 18.5 Å². The van der Waals surface area contributed by atoms with Gasteiger partial charge in [0.2, 0.25) is 0 Å². The molecule has 0 saturated carbocycles. The number of benzene rings is 3. The van der Waals surface area contributed by atoms with Crippen LogP contribution in [-0.4, -0.2) is 26.1 Å². The van der Waals surface area contributed by atoms with E-state index in [1.807, 2.05) is 19.2 Å². The molecule has 1 atom stereocenters. The van der Waals surface area contributed by atoms with Crippen LogP contribution in [0.25, 0.3) is 0 Å². The summed E-state index contributed by atoms with van der Waals surface area (Å²) in [5.41, 5.74) is 2.36. The highest BCUT2D eigenvalue weighted by Crippen LogP contribution is 2.56. The average molecular weight is 466 g/mol. The van der Waals surface area contributed by atoms with Gasteiger partial charge in [0.25, 0.3) is 15.7 Å². The van der Waals surface area contributed by atoms with Crippen LogP contribution in [0.2, 0.25) is 0 Å². The molecule has 3 aromatic rings. The highest BCUT2D eigenvalue weighted by Gasteiger charge is 2.60. The Morgan fingerprint density at radius 3 is 2.55 bits per heavy atom. The molecule has 2 aliphatic rings. The minimum absolute atomic E-state index is 0.169. The molecule has 2 aliphatic heterocycles. The molecule has 0 radical (unpaired) electrons. The Morgan fingerprint density at radius 1 is 1.06 bits per heavy atom. The topological polar surface area (TPSA) is 102 Å². The predicted octanol–water partition coefficient (Wildman–Crippen LogP) is 4.45. The van der Waals surface area contributed by atoms with Crippen LogP contribution in [-0.2, 0) is 21.9 Å². The number of hydrogen-bond acceptors (Lipinski definition) is 6. The monoisotopic (exact) mass is 465 g/mol. The third kappa shape index (κ3) is 3.06. The molecule has 0 saturated heterocycles. The zero-order valence-electron chi connectivity index (χ0n) is 18.4. The number of nitro benzene ring substituents is 1. The standard InChI is InChI=1S/C24H23N3O5S/c1-23(2)20-9-4-5-10-21(20)26(3)24(23)15-16-13-17(11-12-22(16)32-24)25-33(30,31)19-8-6-7-18(14-19)27(28)29/h4-14,25H,15H2,1-3H3/t24-/m1/s1. The van der Waals surface area contributed by atoms with Crippen molar-refractivity contribution in [3.63, 3.8) is 0 Å². The number of rotatable bonds is 4. The van der Waals surface area contributed by atoms with Crippen molar-refractivity contribution in [1.82, 2.24) is 0 Å². The minimum Gasteiger partial charge on any atom is -0.466 e. The van der Waals surface area contributed by atoms with Crippen LogP contribution >= 0.6 is 0 Å². The van der Waals surface area contributed by atoms with Gasteiger partial charge in [0.15, 0.2) is 5.72 Å². The number of nitrogens with one attached hydrogen (secondary N) is 1. The largest absolute Gasteiger partial charge is 0.466 e. The number of fused-ring (bicyclic) bond motifs is 2. The number of para-hydroxylation sites is 1. The van der Waals surface area contributed by atoms with Crippen molar-refractivity contribution >= 4 is 27.1 Å². The summed E-state index contributed by atoms with van der Waals surface area (Å²) in [7, 11) is -1.98. The third-order valence-electron chi connectivity index (χ3n) is 6.82. The first kappa shape index (κ1) is 21.3. The summed E-state index contributed by atoms with van der Waals surface area (Å²) in [5, 5.41) is 11.0. The molecule has 0 unspecified atom stereocenters. The Balaban J connectivity index is 1.46. The van der Waals surface area contributed by atoms with Gasteiger partial charge in [0.1, 0.15) is 5.75 Å². The summed E-state index contributed by atoms with van der Waals surface area (Å²) in [6.45, 7) is 4.32. The first-order chi connectivity index (χ1) is 15.5. The molecule has 2 heterocycles. The van der Waals surface area contributed by atoms with Crippen LogP contribution < -0.4 is 14.4 Å². The Bertz CT molecular complexity index is 1400. The summed E-state index contributed by atoms with van der Waals surface area (Å²) in [4.78, 5) is 12.4.